The number of hydrogen-bond acceptors (Lipinski definition) is 2. The molecule has 0 heterocycles. The summed E-state index contributed by atoms with van der Waals surface area (Å²) in [5, 5.41) is 3.85. The minimum Gasteiger partial charge on any atom is -0.497 e. The Morgan fingerprint density at radius 2 is 2.09 bits per heavy atom. The van der Waals surface area contributed by atoms with Crippen LogP contribution in [0.4, 0.5) is 5.69 Å². The summed E-state index contributed by atoms with van der Waals surface area (Å²) in [7, 11) is 1.64. The number of nitrogens with two attached hydrogens (primary N) is 1. The van der Waals surface area contributed by atoms with Crippen molar-refractivity contribution in [3.63, 3.8) is 0 Å². The predicted octanol–water partition coefficient (Wildman–Crippen LogP) is 3.63. The lowest BCUT2D eigenvalue weighted by Gasteiger charge is -2.07. The van der Waals surface area contributed by atoms with E-state index in [1.807, 2.05) is 42.5 Å². The molecule has 1 saturated carbocycles. The molecule has 0 bridgehead atoms. The van der Waals surface area contributed by atoms with Crippen LogP contribution in [0.25, 0.3) is 0 Å². The molecular formula is C17H18ClN3O. The molecule has 4 nitrogen and oxygen atoms in total. The molecule has 1 fully saturated rings. The zero-order valence-electron chi connectivity index (χ0n) is 12.3. The number of guanidine groups is 1. The molecule has 1 aliphatic rings. The Kier molecular flexibility index (Phi) is 4.20. The Balaban J connectivity index is 1.63. The lowest BCUT2D eigenvalue weighted by atomic mass is 10.1. The van der Waals surface area contributed by atoms with Crippen LogP contribution in [-0.2, 0) is 0 Å². The van der Waals surface area contributed by atoms with Gasteiger partial charge >= 0.3 is 0 Å². The van der Waals surface area contributed by atoms with Crippen LogP contribution in [0.5, 0.6) is 5.75 Å². The standard InChI is InChI=1S/C17H18ClN3O/c1-22-14-7-3-6-13(9-14)20-17(19)21-16-10-15(16)11-4-2-5-12(18)8-11/h2-9,15-16H,10H2,1H3,(H3,19,20,21). The van der Waals surface area contributed by atoms with Gasteiger partial charge < -0.3 is 15.8 Å². The highest BCUT2D eigenvalue weighted by molar-refractivity contribution is 6.30. The molecule has 0 spiro atoms. The molecule has 5 heteroatoms. The third kappa shape index (κ3) is 3.52. The van der Waals surface area contributed by atoms with Gasteiger partial charge in [-0.3, -0.25) is 0 Å². The molecule has 0 radical (unpaired) electrons. The summed E-state index contributed by atoms with van der Waals surface area (Å²) < 4.78 is 5.18. The van der Waals surface area contributed by atoms with Crippen molar-refractivity contribution in [2.45, 2.75) is 18.4 Å². The lowest BCUT2D eigenvalue weighted by molar-refractivity contribution is 0.415. The zero-order chi connectivity index (χ0) is 15.5. The Bertz CT molecular complexity index is 702. The van der Waals surface area contributed by atoms with Gasteiger partial charge in [-0.2, -0.15) is 0 Å². The van der Waals surface area contributed by atoms with Crippen molar-refractivity contribution in [2.24, 2.45) is 10.7 Å². The Hall–Kier alpha value is -2.20. The molecule has 0 aromatic heterocycles. The van der Waals surface area contributed by atoms with E-state index < -0.39 is 0 Å². The molecule has 1 aliphatic carbocycles. The number of hydrogen-bond donors (Lipinski definition) is 2. The Morgan fingerprint density at radius 1 is 1.27 bits per heavy atom. The SMILES string of the molecule is COc1cccc(NC(N)=NC2CC2c2cccc(Cl)c2)c1. The third-order valence-electron chi connectivity index (χ3n) is 3.68. The van der Waals surface area contributed by atoms with Crippen molar-refractivity contribution in [3.8, 4) is 5.75 Å². The monoisotopic (exact) mass is 315 g/mol. The van der Waals surface area contributed by atoms with Crippen molar-refractivity contribution in [2.75, 3.05) is 12.4 Å². The van der Waals surface area contributed by atoms with Gasteiger partial charge in [-0.15, -0.1) is 0 Å². The predicted molar refractivity (Wildman–Crippen MR) is 90.8 cm³/mol. The summed E-state index contributed by atoms with van der Waals surface area (Å²) >= 11 is 6.02. The van der Waals surface area contributed by atoms with E-state index in [4.69, 9.17) is 22.1 Å². The normalized spacial score (nSPS) is 20.5. The fourth-order valence-corrected chi connectivity index (χ4v) is 2.68. The number of rotatable bonds is 4. The summed E-state index contributed by atoms with van der Waals surface area (Å²) in [6.07, 6.45) is 1.00. The van der Waals surface area contributed by atoms with Crippen molar-refractivity contribution in [3.05, 3.63) is 59.1 Å². The Labute approximate surface area is 135 Å². The fourth-order valence-electron chi connectivity index (χ4n) is 2.48. The van der Waals surface area contributed by atoms with Gasteiger partial charge in [0.25, 0.3) is 0 Å². The summed E-state index contributed by atoms with van der Waals surface area (Å²) in [5.74, 6) is 1.60. The number of aliphatic imine (C=N–C) groups is 1. The van der Waals surface area contributed by atoms with Crippen molar-refractivity contribution < 1.29 is 4.74 Å². The number of ether oxygens (including phenoxy) is 1. The average molecular weight is 316 g/mol. The number of halogens is 1. The first-order valence-electron chi connectivity index (χ1n) is 7.15. The second kappa shape index (κ2) is 6.28. The van der Waals surface area contributed by atoms with Crippen LogP contribution in [0.2, 0.25) is 5.02 Å². The van der Waals surface area contributed by atoms with Crippen LogP contribution < -0.4 is 15.8 Å². The molecule has 2 unspecified atom stereocenters. The van der Waals surface area contributed by atoms with Gasteiger partial charge in [0.05, 0.1) is 13.2 Å². The van der Waals surface area contributed by atoms with Crippen molar-refractivity contribution in [1.29, 1.82) is 0 Å². The topological polar surface area (TPSA) is 59.6 Å². The second-order valence-electron chi connectivity index (χ2n) is 5.34. The van der Waals surface area contributed by atoms with Crippen LogP contribution in [0, 0.1) is 0 Å². The van der Waals surface area contributed by atoms with Crippen molar-refractivity contribution in [1.82, 2.24) is 0 Å². The molecule has 2 aromatic carbocycles. The quantitative estimate of drug-likeness (QED) is 0.669. The first-order valence-corrected chi connectivity index (χ1v) is 7.53. The highest BCUT2D eigenvalue weighted by Gasteiger charge is 2.38. The summed E-state index contributed by atoms with van der Waals surface area (Å²) in [4.78, 5) is 4.53. The largest absolute Gasteiger partial charge is 0.497 e. The molecule has 0 amide bonds. The third-order valence-corrected chi connectivity index (χ3v) is 3.92. The van der Waals surface area contributed by atoms with Gasteiger partial charge in [-0.25, -0.2) is 4.99 Å². The smallest absolute Gasteiger partial charge is 0.193 e. The Morgan fingerprint density at radius 3 is 2.86 bits per heavy atom. The number of methoxy groups -OCH3 is 1. The van der Waals surface area contributed by atoms with E-state index in [0.717, 1.165) is 22.9 Å². The molecule has 3 N–H and O–H groups in total. The van der Waals surface area contributed by atoms with E-state index in [2.05, 4.69) is 16.4 Å². The number of benzene rings is 2. The van der Waals surface area contributed by atoms with Crippen LogP contribution in [-0.4, -0.2) is 19.1 Å². The first kappa shape index (κ1) is 14.7. The summed E-state index contributed by atoms with van der Waals surface area (Å²) in [6.45, 7) is 0. The average Bonchev–Trinajstić information content (AvgIpc) is 3.26. The van der Waals surface area contributed by atoms with Crippen molar-refractivity contribution >= 4 is 23.2 Å². The molecule has 114 valence electrons. The van der Waals surface area contributed by atoms with Crippen LogP contribution in [0.3, 0.4) is 0 Å². The van der Waals surface area contributed by atoms with E-state index in [1.54, 1.807) is 7.11 Å². The minimum absolute atomic E-state index is 0.219. The summed E-state index contributed by atoms with van der Waals surface area (Å²) in [5.41, 5.74) is 8.06. The van der Waals surface area contributed by atoms with Gasteiger partial charge in [-0.05, 0) is 36.2 Å². The van der Waals surface area contributed by atoms with Gasteiger partial charge in [0.2, 0.25) is 0 Å². The number of nitrogens with one attached hydrogen (secondary N) is 1. The first-order chi connectivity index (χ1) is 10.7. The van der Waals surface area contributed by atoms with Crippen LogP contribution in [0.1, 0.15) is 17.9 Å². The molecular weight excluding hydrogens is 298 g/mol. The van der Waals surface area contributed by atoms with Gasteiger partial charge in [0.1, 0.15) is 5.75 Å². The van der Waals surface area contributed by atoms with Gasteiger partial charge in [0.15, 0.2) is 5.96 Å². The number of nitrogens with zero attached hydrogens (tertiary/aromatic N) is 1. The van der Waals surface area contributed by atoms with E-state index in [9.17, 15) is 0 Å². The second-order valence-corrected chi connectivity index (χ2v) is 5.77. The molecule has 2 aromatic rings. The number of anilines is 1. The highest BCUT2D eigenvalue weighted by atomic mass is 35.5. The minimum atomic E-state index is 0.219. The molecule has 3 rings (SSSR count). The van der Waals surface area contributed by atoms with E-state index in [0.29, 0.717) is 11.9 Å². The van der Waals surface area contributed by atoms with Crippen LogP contribution in [0.15, 0.2) is 53.5 Å². The zero-order valence-corrected chi connectivity index (χ0v) is 13.0. The maximum atomic E-state index is 6.02. The fraction of sp³-hybridized carbons (Fsp3) is 0.235. The molecule has 0 saturated heterocycles. The summed E-state index contributed by atoms with van der Waals surface area (Å²) in [6, 6.07) is 15.7. The molecule has 0 aliphatic heterocycles. The maximum Gasteiger partial charge on any atom is 0.193 e. The van der Waals surface area contributed by atoms with Gasteiger partial charge in [-0.1, -0.05) is 29.8 Å². The lowest BCUT2D eigenvalue weighted by Crippen LogP contribution is -2.23. The maximum absolute atomic E-state index is 6.02. The highest BCUT2D eigenvalue weighted by Crippen LogP contribution is 2.44. The molecule has 22 heavy (non-hydrogen) atoms. The van der Waals surface area contributed by atoms with E-state index >= 15 is 0 Å². The van der Waals surface area contributed by atoms with Crippen LogP contribution >= 0.6 is 11.6 Å². The molecule has 2 atom stereocenters. The van der Waals surface area contributed by atoms with E-state index in [1.165, 1.54) is 5.56 Å². The van der Waals surface area contributed by atoms with E-state index in [-0.39, 0.29) is 6.04 Å². The van der Waals surface area contributed by atoms with Gasteiger partial charge in [0, 0.05) is 22.7 Å².